The average molecular weight is 263 g/mol. The van der Waals surface area contributed by atoms with Crippen molar-refractivity contribution in [1.29, 1.82) is 0 Å². The van der Waals surface area contributed by atoms with Crippen molar-refractivity contribution in [1.82, 2.24) is 9.97 Å². The van der Waals surface area contributed by atoms with E-state index in [-0.39, 0.29) is 0 Å². The fourth-order valence-corrected chi connectivity index (χ4v) is 2.40. The van der Waals surface area contributed by atoms with Gasteiger partial charge in [-0.3, -0.25) is 4.98 Å². The lowest BCUT2D eigenvalue weighted by molar-refractivity contribution is 0.300. The van der Waals surface area contributed by atoms with E-state index in [1.54, 1.807) is 17.5 Å². The first-order chi connectivity index (χ1) is 8.81. The van der Waals surface area contributed by atoms with Gasteiger partial charge in [-0.15, -0.1) is 11.3 Å². The van der Waals surface area contributed by atoms with E-state index in [1.165, 1.54) is 5.01 Å². The van der Waals surface area contributed by atoms with E-state index < -0.39 is 0 Å². The van der Waals surface area contributed by atoms with Gasteiger partial charge >= 0.3 is 0 Å². The van der Waals surface area contributed by atoms with Gasteiger partial charge in [-0.1, -0.05) is 6.92 Å². The van der Waals surface area contributed by atoms with Crippen LogP contribution in [0.15, 0.2) is 23.7 Å². The Morgan fingerprint density at radius 1 is 1.33 bits per heavy atom. The fraction of sp³-hybridized carbons (Fsp3) is 0.385. The SMILES string of the molecule is CCCc1nc(COc2ccc(CN)nc2)cs1. The molecule has 4 nitrogen and oxygen atoms in total. The number of nitrogens with zero attached hydrogens (tertiary/aromatic N) is 2. The second-order valence-corrected chi connectivity index (χ2v) is 4.90. The van der Waals surface area contributed by atoms with Crippen molar-refractivity contribution >= 4 is 11.3 Å². The van der Waals surface area contributed by atoms with Crippen LogP contribution in [0.5, 0.6) is 5.75 Å². The summed E-state index contributed by atoms with van der Waals surface area (Å²) in [4.78, 5) is 8.68. The van der Waals surface area contributed by atoms with Crippen LogP contribution in [-0.2, 0) is 19.6 Å². The van der Waals surface area contributed by atoms with Gasteiger partial charge in [0.25, 0.3) is 0 Å². The van der Waals surface area contributed by atoms with Crippen LogP contribution in [0.3, 0.4) is 0 Å². The minimum absolute atomic E-state index is 0.451. The smallest absolute Gasteiger partial charge is 0.138 e. The molecule has 0 spiro atoms. The van der Waals surface area contributed by atoms with Crippen molar-refractivity contribution in [2.75, 3.05) is 0 Å². The zero-order valence-electron chi connectivity index (χ0n) is 10.4. The second-order valence-electron chi connectivity index (χ2n) is 3.96. The fourth-order valence-electron chi connectivity index (χ4n) is 1.52. The Morgan fingerprint density at radius 3 is 2.89 bits per heavy atom. The molecule has 0 aliphatic rings. The number of aromatic nitrogens is 2. The van der Waals surface area contributed by atoms with Crippen LogP contribution < -0.4 is 10.5 Å². The highest BCUT2D eigenvalue weighted by atomic mass is 32.1. The van der Waals surface area contributed by atoms with Gasteiger partial charge < -0.3 is 10.5 Å². The number of hydrogen-bond donors (Lipinski definition) is 1. The Balaban J connectivity index is 1.89. The Kier molecular flexibility index (Phi) is 4.66. The second kappa shape index (κ2) is 6.47. The molecule has 0 atom stereocenters. The molecule has 96 valence electrons. The van der Waals surface area contributed by atoms with Gasteiger partial charge in [0.1, 0.15) is 12.4 Å². The van der Waals surface area contributed by atoms with E-state index in [4.69, 9.17) is 10.5 Å². The number of thiazole rings is 1. The van der Waals surface area contributed by atoms with Crippen molar-refractivity contribution in [3.8, 4) is 5.75 Å². The molecule has 0 amide bonds. The van der Waals surface area contributed by atoms with Gasteiger partial charge in [-0.2, -0.15) is 0 Å². The van der Waals surface area contributed by atoms with Crippen molar-refractivity contribution in [3.63, 3.8) is 0 Å². The Hall–Kier alpha value is -1.46. The maximum absolute atomic E-state index is 5.62. The number of pyridine rings is 1. The minimum Gasteiger partial charge on any atom is -0.486 e. The summed E-state index contributed by atoms with van der Waals surface area (Å²) < 4.78 is 5.62. The third kappa shape index (κ3) is 3.51. The summed E-state index contributed by atoms with van der Waals surface area (Å²) in [7, 11) is 0. The Labute approximate surface area is 111 Å². The van der Waals surface area contributed by atoms with Gasteiger partial charge in [0.2, 0.25) is 0 Å². The molecule has 2 heterocycles. The van der Waals surface area contributed by atoms with E-state index >= 15 is 0 Å². The van der Waals surface area contributed by atoms with Crippen molar-refractivity contribution in [2.24, 2.45) is 5.73 Å². The van der Waals surface area contributed by atoms with Gasteiger partial charge in [0.15, 0.2) is 0 Å². The quantitative estimate of drug-likeness (QED) is 0.870. The summed E-state index contributed by atoms with van der Waals surface area (Å²) in [5.74, 6) is 0.747. The molecule has 2 aromatic rings. The van der Waals surface area contributed by atoms with E-state index in [9.17, 15) is 0 Å². The average Bonchev–Trinajstić information content (AvgIpc) is 2.85. The summed E-state index contributed by atoms with van der Waals surface area (Å²) in [5.41, 5.74) is 7.32. The van der Waals surface area contributed by atoms with Crippen LogP contribution in [0.4, 0.5) is 0 Å². The van der Waals surface area contributed by atoms with Crippen molar-refractivity contribution < 1.29 is 4.74 Å². The molecule has 2 aromatic heterocycles. The lowest BCUT2D eigenvalue weighted by Crippen LogP contribution is -2.00. The topological polar surface area (TPSA) is 61.0 Å². The number of ether oxygens (including phenoxy) is 1. The monoisotopic (exact) mass is 263 g/mol. The molecule has 18 heavy (non-hydrogen) atoms. The summed E-state index contributed by atoms with van der Waals surface area (Å²) in [6.45, 7) is 3.10. The summed E-state index contributed by atoms with van der Waals surface area (Å²) in [6.07, 6.45) is 3.86. The normalized spacial score (nSPS) is 10.6. The standard InChI is InChI=1S/C13H17N3OS/c1-2-3-13-16-11(9-18-13)8-17-12-5-4-10(6-14)15-7-12/h4-5,7,9H,2-3,6,8,14H2,1H3. The molecule has 2 rings (SSSR count). The van der Waals surface area contributed by atoms with Gasteiger partial charge in [-0.25, -0.2) is 4.98 Å². The molecule has 2 N–H and O–H groups in total. The summed E-state index contributed by atoms with van der Waals surface area (Å²) in [6, 6.07) is 3.76. The Morgan fingerprint density at radius 2 is 2.22 bits per heavy atom. The summed E-state index contributed by atoms with van der Waals surface area (Å²) >= 11 is 1.69. The predicted octanol–water partition coefficient (Wildman–Crippen LogP) is 2.53. The lowest BCUT2D eigenvalue weighted by Gasteiger charge is -2.04. The molecular formula is C13H17N3OS. The largest absolute Gasteiger partial charge is 0.486 e. The van der Waals surface area contributed by atoms with E-state index in [1.807, 2.05) is 17.5 Å². The molecule has 0 unspecified atom stereocenters. The minimum atomic E-state index is 0.451. The zero-order valence-corrected chi connectivity index (χ0v) is 11.2. The lowest BCUT2D eigenvalue weighted by atomic mass is 10.3. The number of hydrogen-bond acceptors (Lipinski definition) is 5. The van der Waals surface area contributed by atoms with Crippen LogP contribution in [0, 0.1) is 0 Å². The first-order valence-corrected chi connectivity index (χ1v) is 6.91. The molecule has 0 fully saturated rings. The third-order valence-electron chi connectivity index (χ3n) is 2.46. The molecule has 0 bridgehead atoms. The van der Waals surface area contributed by atoms with Gasteiger partial charge in [-0.05, 0) is 25.0 Å². The highest BCUT2D eigenvalue weighted by Crippen LogP contribution is 2.15. The van der Waals surface area contributed by atoms with Crippen LogP contribution in [-0.4, -0.2) is 9.97 Å². The number of aryl methyl sites for hydroxylation is 1. The molecule has 0 saturated carbocycles. The van der Waals surface area contributed by atoms with E-state index in [0.29, 0.717) is 13.2 Å². The van der Waals surface area contributed by atoms with E-state index in [2.05, 4.69) is 16.9 Å². The zero-order chi connectivity index (χ0) is 12.8. The third-order valence-corrected chi connectivity index (χ3v) is 3.41. The maximum Gasteiger partial charge on any atom is 0.138 e. The van der Waals surface area contributed by atoms with Crippen molar-refractivity contribution in [3.05, 3.63) is 40.1 Å². The van der Waals surface area contributed by atoms with Crippen molar-refractivity contribution in [2.45, 2.75) is 32.9 Å². The number of nitrogens with two attached hydrogens (primary N) is 1. The maximum atomic E-state index is 5.62. The van der Waals surface area contributed by atoms with Gasteiger partial charge in [0.05, 0.1) is 22.6 Å². The highest BCUT2D eigenvalue weighted by Gasteiger charge is 2.02. The first kappa shape index (κ1) is 13.0. The molecule has 0 radical (unpaired) electrons. The summed E-state index contributed by atoms with van der Waals surface area (Å²) in [5, 5.41) is 3.22. The van der Waals surface area contributed by atoms with Crippen LogP contribution >= 0.6 is 11.3 Å². The van der Waals surface area contributed by atoms with Crippen LogP contribution in [0.25, 0.3) is 0 Å². The molecule has 0 aliphatic carbocycles. The molecule has 0 aromatic carbocycles. The molecule has 5 heteroatoms. The number of rotatable bonds is 6. The van der Waals surface area contributed by atoms with Crippen LogP contribution in [0.2, 0.25) is 0 Å². The van der Waals surface area contributed by atoms with E-state index in [0.717, 1.165) is 30.0 Å². The van der Waals surface area contributed by atoms with Crippen LogP contribution in [0.1, 0.15) is 29.7 Å². The first-order valence-electron chi connectivity index (χ1n) is 6.03. The molecular weight excluding hydrogens is 246 g/mol. The van der Waals surface area contributed by atoms with Gasteiger partial charge in [0, 0.05) is 11.9 Å². The predicted molar refractivity (Wildman–Crippen MR) is 72.6 cm³/mol. The highest BCUT2D eigenvalue weighted by molar-refractivity contribution is 7.09. The molecule has 0 aliphatic heterocycles. The molecule has 0 saturated heterocycles. The Bertz CT molecular complexity index is 481.